The van der Waals surface area contributed by atoms with Crippen molar-refractivity contribution in [3.63, 3.8) is 0 Å². The van der Waals surface area contributed by atoms with E-state index in [0.29, 0.717) is 0 Å². The number of fused-ring (bicyclic) bond motifs is 3. The third kappa shape index (κ3) is 5.14. The molecule has 4 nitrogen and oxygen atoms in total. The fourth-order valence-electron chi connectivity index (χ4n) is 8.59. The zero-order valence-electron chi connectivity index (χ0n) is 28.2. The van der Waals surface area contributed by atoms with Gasteiger partial charge >= 0.3 is 0 Å². The molecule has 10 rings (SSSR count). The molecular formula is C47H35N3O. The Labute approximate surface area is 297 Å². The number of para-hydroxylation sites is 2. The molecule has 2 heterocycles. The molecule has 0 radical (unpaired) electrons. The number of pyridine rings is 1. The topological polar surface area (TPSA) is 39.9 Å². The molecule has 244 valence electrons. The SMILES string of the molecule is c1ccc(-c2ccccc2-n2c(-c3ccccn3)nc3c(Oc4cc5c(c(-c6ccccc6)c4)CC4(Cc6ccccc6C4)C5)cccc32)cc1. The lowest BCUT2D eigenvalue weighted by Gasteiger charge is -2.22. The van der Waals surface area contributed by atoms with Gasteiger partial charge < -0.3 is 4.74 Å². The molecule has 0 aliphatic heterocycles. The van der Waals surface area contributed by atoms with Gasteiger partial charge in [0.05, 0.1) is 11.2 Å². The molecule has 4 heteroatoms. The zero-order valence-corrected chi connectivity index (χ0v) is 28.2. The van der Waals surface area contributed by atoms with Crippen molar-refractivity contribution in [2.24, 2.45) is 5.41 Å². The molecule has 1 spiro atoms. The Morgan fingerprint density at radius 3 is 1.96 bits per heavy atom. The maximum atomic E-state index is 6.95. The molecule has 0 unspecified atom stereocenters. The van der Waals surface area contributed by atoms with Gasteiger partial charge in [0, 0.05) is 11.8 Å². The average molecular weight is 658 g/mol. The third-order valence-corrected chi connectivity index (χ3v) is 10.8. The highest BCUT2D eigenvalue weighted by atomic mass is 16.5. The van der Waals surface area contributed by atoms with Gasteiger partial charge in [-0.3, -0.25) is 9.55 Å². The first-order valence-corrected chi connectivity index (χ1v) is 17.7. The molecule has 0 fully saturated rings. The fraction of sp³-hybridized carbons (Fsp3) is 0.106. The Bertz CT molecular complexity index is 2530. The van der Waals surface area contributed by atoms with Crippen LogP contribution < -0.4 is 4.74 Å². The summed E-state index contributed by atoms with van der Waals surface area (Å²) < 4.78 is 9.18. The summed E-state index contributed by atoms with van der Waals surface area (Å²) in [6, 6.07) is 55.6. The first-order chi connectivity index (χ1) is 25.2. The minimum absolute atomic E-state index is 0.219. The van der Waals surface area contributed by atoms with Crippen molar-refractivity contribution in [2.45, 2.75) is 25.7 Å². The molecule has 2 aliphatic rings. The van der Waals surface area contributed by atoms with E-state index in [1.165, 1.54) is 33.4 Å². The van der Waals surface area contributed by atoms with Crippen LogP contribution in [0.2, 0.25) is 0 Å². The summed E-state index contributed by atoms with van der Waals surface area (Å²) in [6.07, 6.45) is 6.20. The Kier molecular flexibility index (Phi) is 6.95. The molecule has 51 heavy (non-hydrogen) atoms. The number of hydrogen-bond acceptors (Lipinski definition) is 3. The number of benzene rings is 6. The molecule has 0 saturated carbocycles. The van der Waals surface area contributed by atoms with E-state index in [4.69, 9.17) is 14.7 Å². The minimum atomic E-state index is 0.219. The lowest BCUT2D eigenvalue weighted by atomic mass is 9.81. The van der Waals surface area contributed by atoms with Gasteiger partial charge in [-0.25, -0.2) is 4.98 Å². The summed E-state index contributed by atoms with van der Waals surface area (Å²) in [4.78, 5) is 10.1. The van der Waals surface area contributed by atoms with Gasteiger partial charge in [-0.2, -0.15) is 0 Å². The summed E-state index contributed by atoms with van der Waals surface area (Å²) in [6.45, 7) is 0. The van der Waals surface area contributed by atoms with Crippen LogP contribution in [0.1, 0.15) is 22.3 Å². The van der Waals surface area contributed by atoms with Crippen molar-refractivity contribution < 1.29 is 4.74 Å². The van der Waals surface area contributed by atoms with Gasteiger partial charge in [0.1, 0.15) is 17.0 Å². The lowest BCUT2D eigenvalue weighted by molar-refractivity contribution is 0.326. The third-order valence-electron chi connectivity index (χ3n) is 10.8. The largest absolute Gasteiger partial charge is 0.455 e. The van der Waals surface area contributed by atoms with Crippen molar-refractivity contribution in [1.29, 1.82) is 0 Å². The monoisotopic (exact) mass is 657 g/mol. The molecule has 0 amide bonds. The van der Waals surface area contributed by atoms with E-state index in [1.807, 2.05) is 30.5 Å². The molecule has 6 aromatic carbocycles. The van der Waals surface area contributed by atoms with E-state index in [2.05, 4.69) is 138 Å². The maximum Gasteiger partial charge on any atom is 0.164 e. The molecular weight excluding hydrogens is 623 g/mol. The first kappa shape index (κ1) is 29.6. The summed E-state index contributed by atoms with van der Waals surface area (Å²) >= 11 is 0. The van der Waals surface area contributed by atoms with E-state index >= 15 is 0 Å². The average Bonchev–Trinajstić information content (AvgIpc) is 3.87. The van der Waals surface area contributed by atoms with Crippen molar-refractivity contribution >= 4 is 11.0 Å². The van der Waals surface area contributed by atoms with Crippen LogP contribution >= 0.6 is 0 Å². The second-order valence-corrected chi connectivity index (χ2v) is 14.0. The molecule has 0 saturated heterocycles. The van der Waals surface area contributed by atoms with Crippen LogP contribution in [0.3, 0.4) is 0 Å². The van der Waals surface area contributed by atoms with Crippen molar-refractivity contribution in [3.8, 4) is 51.0 Å². The highest BCUT2D eigenvalue weighted by molar-refractivity contribution is 5.90. The number of ether oxygens (including phenoxy) is 1. The summed E-state index contributed by atoms with van der Waals surface area (Å²) in [5.41, 5.74) is 14.4. The number of aromatic nitrogens is 3. The van der Waals surface area contributed by atoms with E-state index < -0.39 is 0 Å². The van der Waals surface area contributed by atoms with E-state index in [-0.39, 0.29) is 5.41 Å². The van der Waals surface area contributed by atoms with Gasteiger partial charge in [0.2, 0.25) is 0 Å². The minimum Gasteiger partial charge on any atom is -0.455 e. The van der Waals surface area contributed by atoms with Crippen LogP contribution in [0, 0.1) is 5.41 Å². The molecule has 0 atom stereocenters. The normalized spacial score (nSPS) is 14.1. The molecule has 2 aromatic heterocycles. The van der Waals surface area contributed by atoms with Gasteiger partial charge in [0.15, 0.2) is 11.6 Å². The van der Waals surface area contributed by atoms with Crippen LogP contribution in [0.25, 0.3) is 50.5 Å². The van der Waals surface area contributed by atoms with Crippen molar-refractivity contribution in [3.05, 3.63) is 186 Å². The first-order valence-electron chi connectivity index (χ1n) is 17.7. The van der Waals surface area contributed by atoms with Crippen LogP contribution in [0.15, 0.2) is 164 Å². The van der Waals surface area contributed by atoms with Gasteiger partial charge in [0.25, 0.3) is 0 Å². The fourth-order valence-corrected chi connectivity index (χ4v) is 8.59. The second kappa shape index (κ2) is 12.0. The van der Waals surface area contributed by atoms with Crippen LogP contribution in [0.4, 0.5) is 0 Å². The predicted octanol–water partition coefficient (Wildman–Crippen LogP) is 11.1. The van der Waals surface area contributed by atoms with E-state index in [1.54, 1.807) is 0 Å². The van der Waals surface area contributed by atoms with Crippen LogP contribution in [0.5, 0.6) is 11.5 Å². The quantitative estimate of drug-likeness (QED) is 0.179. The second-order valence-electron chi connectivity index (χ2n) is 14.0. The smallest absolute Gasteiger partial charge is 0.164 e. The van der Waals surface area contributed by atoms with E-state index in [0.717, 1.165) is 76.5 Å². The molecule has 0 bridgehead atoms. The number of imidazole rings is 1. The predicted molar refractivity (Wildman–Crippen MR) is 205 cm³/mol. The highest BCUT2D eigenvalue weighted by Crippen LogP contribution is 2.51. The molecule has 8 aromatic rings. The van der Waals surface area contributed by atoms with Crippen molar-refractivity contribution in [1.82, 2.24) is 14.5 Å². The summed E-state index contributed by atoms with van der Waals surface area (Å²) in [5, 5.41) is 0. The van der Waals surface area contributed by atoms with Crippen LogP contribution in [-0.2, 0) is 25.7 Å². The standard InChI is InChI=1S/C47H35N3O/c1-3-14-32(15-4-1)38-20-9-10-22-42(38)50-43-23-13-24-44(45(43)49-46(50)41-21-11-12-25-48-41)51-37-26-36-30-47(28-34-18-7-8-19-35(34)29-47)31-40(36)39(27-37)33-16-5-2-6-17-33/h1-27H,28-31H2. The number of rotatable bonds is 6. The van der Waals surface area contributed by atoms with Crippen molar-refractivity contribution in [2.75, 3.05) is 0 Å². The maximum absolute atomic E-state index is 6.95. The molecule has 0 N–H and O–H groups in total. The van der Waals surface area contributed by atoms with Crippen LogP contribution in [-0.4, -0.2) is 14.5 Å². The Balaban J connectivity index is 1.11. The zero-order chi connectivity index (χ0) is 33.8. The summed E-state index contributed by atoms with van der Waals surface area (Å²) in [5.74, 6) is 2.33. The molecule has 2 aliphatic carbocycles. The lowest BCUT2D eigenvalue weighted by Crippen LogP contribution is -2.21. The van der Waals surface area contributed by atoms with E-state index in [9.17, 15) is 0 Å². The Hall–Kier alpha value is -6.26. The Morgan fingerprint density at radius 1 is 0.549 bits per heavy atom. The van der Waals surface area contributed by atoms with Gasteiger partial charge in [-0.1, -0.05) is 115 Å². The highest BCUT2D eigenvalue weighted by Gasteiger charge is 2.43. The van der Waals surface area contributed by atoms with Gasteiger partial charge in [-0.15, -0.1) is 0 Å². The van der Waals surface area contributed by atoms with Gasteiger partial charge in [-0.05, 0) is 113 Å². The Morgan fingerprint density at radius 2 is 1.22 bits per heavy atom. The number of hydrogen-bond donors (Lipinski definition) is 0. The summed E-state index contributed by atoms with van der Waals surface area (Å²) in [7, 11) is 0. The number of nitrogens with zero attached hydrogens (tertiary/aromatic N) is 3.